The second-order valence-electron chi connectivity index (χ2n) is 7.70. The van der Waals surface area contributed by atoms with Crippen molar-refractivity contribution in [2.24, 2.45) is 5.92 Å². The molecule has 2 saturated carbocycles. The number of pyridine rings is 1. The van der Waals surface area contributed by atoms with E-state index in [0.717, 1.165) is 34.6 Å². The fourth-order valence-electron chi connectivity index (χ4n) is 4.16. The summed E-state index contributed by atoms with van der Waals surface area (Å²) < 4.78 is 2.06. The second kappa shape index (κ2) is 6.17. The lowest BCUT2D eigenvalue weighted by Crippen LogP contribution is -2.04. The molecule has 25 heavy (non-hydrogen) atoms. The molecule has 0 saturated heterocycles. The monoisotopic (exact) mass is 354 g/mol. The Morgan fingerprint density at radius 2 is 1.96 bits per heavy atom. The van der Waals surface area contributed by atoms with Gasteiger partial charge in [0.25, 0.3) is 0 Å². The van der Waals surface area contributed by atoms with Gasteiger partial charge < -0.3 is 4.98 Å². The van der Waals surface area contributed by atoms with E-state index in [-0.39, 0.29) is 0 Å². The molecule has 4 nitrogen and oxygen atoms in total. The average Bonchev–Trinajstić information content (AvgIpc) is 3.16. The van der Waals surface area contributed by atoms with Crippen LogP contribution in [0.3, 0.4) is 0 Å². The predicted octanol–water partition coefficient (Wildman–Crippen LogP) is 5.54. The van der Waals surface area contributed by atoms with Crippen LogP contribution in [0, 0.1) is 5.92 Å². The zero-order valence-corrected chi connectivity index (χ0v) is 15.1. The molecule has 0 aromatic carbocycles. The van der Waals surface area contributed by atoms with E-state index in [1.54, 1.807) is 6.20 Å². The maximum atomic E-state index is 6.55. The van der Waals surface area contributed by atoms with E-state index < -0.39 is 0 Å². The van der Waals surface area contributed by atoms with Crippen molar-refractivity contribution in [2.75, 3.05) is 0 Å². The molecule has 5 heteroatoms. The van der Waals surface area contributed by atoms with Crippen LogP contribution in [-0.2, 0) is 6.54 Å². The van der Waals surface area contributed by atoms with Crippen molar-refractivity contribution < 1.29 is 0 Å². The van der Waals surface area contributed by atoms with Crippen LogP contribution in [0.1, 0.15) is 56.6 Å². The smallest absolute Gasteiger partial charge is 0.138 e. The van der Waals surface area contributed by atoms with Crippen LogP contribution in [0.15, 0.2) is 24.7 Å². The average molecular weight is 355 g/mol. The van der Waals surface area contributed by atoms with Crippen LogP contribution in [0.4, 0.5) is 0 Å². The number of aromatic amines is 1. The third-order valence-corrected chi connectivity index (χ3v) is 6.03. The van der Waals surface area contributed by atoms with Gasteiger partial charge in [0.2, 0.25) is 0 Å². The number of H-pyrrole nitrogens is 1. The molecule has 2 fully saturated rings. The predicted molar refractivity (Wildman–Crippen MR) is 101 cm³/mol. The first-order valence-corrected chi connectivity index (χ1v) is 9.85. The summed E-state index contributed by atoms with van der Waals surface area (Å²) in [5, 5.41) is 6.37. The van der Waals surface area contributed by atoms with Crippen LogP contribution in [0.25, 0.3) is 22.2 Å². The van der Waals surface area contributed by atoms with Crippen molar-refractivity contribution in [1.29, 1.82) is 0 Å². The fraction of sp³-hybridized carbons (Fsp3) is 0.500. The van der Waals surface area contributed by atoms with Crippen LogP contribution < -0.4 is 0 Å². The highest BCUT2D eigenvalue weighted by Gasteiger charge is 2.23. The molecule has 0 unspecified atom stereocenters. The Kier molecular flexibility index (Phi) is 3.81. The molecule has 3 heterocycles. The van der Waals surface area contributed by atoms with Gasteiger partial charge in [0, 0.05) is 41.1 Å². The summed E-state index contributed by atoms with van der Waals surface area (Å²) in [6.07, 6.45) is 15.1. The van der Waals surface area contributed by atoms with Gasteiger partial charge in [-0.05, 0) is 43.6 Å². The van der Waals surface area contributed by atoms with Gasteiger partial charge in [0.1, 0.15) is 5.65 Å². The van der Waals surface area contributed by atoms with E-state index in [2.05, 4.69) is 32.0 Å². The first kappa shape index (κ1) is 15.4. The van der Waals surface area contributed by atoms with Gasteiger partial charge in [-0.15, -0.1) is 0 Å². The van der Waals surface area contributed by atoms with Gasteiger partial charge in [-0.1, -0.05) is 30.9 Å². The Morgan fingerprint density at radius 3 is 2.76 bits per heavy atom. The highest BCUT2D eigenvalue weighted by Crippen LogP contribution is 2.39. The summed E-state index contributed by atoms with van der Waals surface area (Å²) in [4.78, 5) is 8.09. The minimum atomic E-state index is 0.632. The quantitative estimate of drug-likeness (QED) is 0.668. The van der Waals surface area contributed by atoms with Gasteiger partial charge in [-0.25, -0.2) is 4.98 Å². The molecule has 0 atom stereocenters. The molecular formula is C20H23ClN4. The van der Waals surface area contributed by atoms with E-state index in [9.17, 15) is 0 Å². The lowest BCUT2D eigenvalue weighted by Gasteiger charge is -2.20. The van der Waals surface area contributed by atoms with E-state index >= 15 is 0 Å². The van der Waals surface area contributed by atoms with Gasteiger partial charge in [0.05, 0.1) is 11.2 Å². The maximum Gasteiger partial charge on any atom is 0.138 e. The molecule has 1 N–H and O–H groups in total. The van der Waals surface area contributed by atoms with Crippen molar-refractivity contribution >= 4 is 22.6 Å². The molecule has 0 spiro atoms. The highest BCUT2D eigenvalue weighted by atomic mass is 35.5. The summed E-state index contributed by atoms with van der Waals surface area (Å²) in [7, 11) is 0. The largest absolute Gasteiger partial charge is 0.343 e. The number of fused-ring (bicyclic) bond motifs is 1. The number of hydrogen-bond acceptors (Lipinski definition) is 2. The summed E-state index contributed by atoms with van der Waals surface area (Å²) in [5.74, 6) is 1.44. The van der Waals surface area contributed by atoms with Gasteiger partial charge >= 0.3 is 0 Å². The Labute approximate surface area is 152 Å². The number of nitrogens with one attached hydrogen (secondary N) is 1. The number of halogens is 1. The first-order chi connectivity index (χ1) is 12.3. The maximum absolute atomic E-state index is 6.55. The molecule has 3 aromatic heterocycles. The Hall–Kier alpha value is -1.81. The summed E-state index contributed by atoms with van der Waals surface area (Å²) >= 11 is 6.55. The number of aromatic nitrogens is 4. The molecule has 3 aromatic rings. The molecule has 2 aliphatic rings. The van der Waals surface area contributed by atoms with Gasteiger partial charge in [0.15, 0.2) is 0 Å². The minimum Gasteiger partial charge on any atom is -0.343 e. The molecule has 0 radical (unpaired) electrons. The van der Waals surface area contributed by atoms with E-state index in [0.29, 0.717) is 10.9 Å². The molecular weight excluding hydrogens is 332 g/mol. The van der Waals surface area contributed by atoms with E-state index in [1.807, 2.05) is 6.20 Å². The third kappa shape index (κ3) is 2.97. The van der Waals surface area contributed by atoms with Crippen molar-refractivity contribution in [3.63, 3.8) is 0 Å². The summed E-state index contributed by atoms with van der Waals surface area (Å²) in [6.45, 7) is 1.02. The van der Waals surface area contributed by atoms with Crippen molar-refractivity contribution in [3.05, 3.63) is 35.4 Å². The lowest BCUT2D eigenvalue weighted by molar-refractivity contribution is 0.438. The summed E-state index contributed by atoms with van der Waals surface area (Å²) in [6, 6.07) is 2.28. The molecule has 2 aliphatic carbocycles. The SMILES string of the molecule is Clc1cnc2[nH]c(C3CCCCC3)cc2c1-c1cnn(CC2CC2)c1. The van der Waals surface area contributed by atoms with Gasteiger partial charge in [-0.3, -0.25) is 4.68 Å². The van der Waals surface area contributed by atoms with Gasteiger partial charge in [-0.2, -0.15) is 5.10 Å². The van der Waals surface area contributed by atoms with Crippen LogP contribution in [-0.4, -0.2) is 19.7 Å². The van der Waals surface area contributed by atoms with E-state index in [1.165, 1.54) is 50.6 Å². The highest BCUT2D eigenvalue weighted by molar-refractivity contribution is 6.34. The number of nitrogens with zero attached hydrogens (tertiary/aromatic N) is 3. The topological polar surface area (TPSA) is 46.5 Å². The van der Waals surface area contributed by atoms with Crippen LogP contribution in [0.5, 0.6) is 0 Å². The minimum absolute atomic E-state index is 0.632. The second-order valence-corrected chi connectivity index (χ2v) is 8.10. The third-order valence-electron chi connectivity index (χ3n) is 5.74. The van der Waals surface area contributed by atoms with Crippen molar-refractivity contribution in [1.82, 2.24) is 19.7 Å². The summed E-state index contributed by atoms with van der Waals surface area (Å²) in [5.41, 5.74) is 4.41. The number of rotatable bonds is 4. The molecule has 130 valence electrons. The lowest BCUT2D eigenvalue weighted by atomic mass is 9.87. The standard InChI is InChI=1S/C20H23ClN4/c21-17-10-22-20-16(8-18(24-20)14-4-2-1-3-5-14)19(17)15-9-23-25(12-15)11-13-6-7-13/h8-10,12-14H,1-7,11H2,(H,22,24). The van der Waals surface area contributed by atoms with Crippen molar-refractivity contribution in [2.45, 2.75) is 57.4 Å². The molecule has 5 rings (SSSR count). The zero-order valence-electron chi connectivity index (χ0n) is 14.3. The molecule has 0 aliphatic heterocycles. The molecule has 0 amide bonds. The Balaban J connectivity index is 1.55. The zero-order chi connectivity index (χ0) is 16.8. The molecule has 0 bridgehead atoms. The first-order valence-electron chi connectivity index (χ1n) is 9.48. The Morgan fingerprint density at radius 1 is 1.12 bits per heavy atom. The Bertz CT molecular complexity index is 900. The van der Waals surface area contributed by atoms with Crippen molar-refractivity contribution in [3.8, 4) is 11.1 Å². The van der Waals surface area contributed by atoms with Crippen LogP contribution >= 0.6 is 11.6 Å². The van der Waals surface area contributed by atoms with Crippen LogP contribution in [0.2, 0.25) is 5.02 Å². The normalized spacial score (nSPS) is 18.9. The van der Waals surface area contributed by atoms with E-state index in [4.69, 9.17) is 11.6 Å². The fourth-order valence-corrected chi connectivity index (χ4v) is 4.41. The number of hydrogen-bond donors (Lipinski definition) is 1.